The molecule has 0 atom stereocenters. The summed E-state index contributed by atoms with van der Waals surface area (Å²) in [6.45, 7) is 4.85. The van der Waals surface area contributed by atoms with E-state index in [9.17, 15) is 0 Å². The highest BCUT2D eigenvalue weighted by atomic mass is 16.5. The van der Waals surface area contributed by atoms with Crippen LogP contribution >= 0.6 is 0 Å². The van der Waals surface area contributed by atoms with E-state index >= 15 is 0 Å². The number of nitrogens with one attached hydrogen (secondary N) is 1. The molecule has 0 amide bonds. The molecule has 0 unspecified atom stereocenters. The zero-order chi connectivity index (χ0) is 17.6. The van der Waals surface area contributed by atoms with E-state index in [1.165, 1.54) is 5.56 Å². The molecular weight excluding hydrogens is 302 g/mol. The summed E-state index contributed by atoms with van der Waals surface area (Å²) in [4.78, 5) is 4.47. The summed E-state index contributed by atoms with van der Waals surface area (Å²) in [5, 5.41) is 3.09. The number of hydrogen-bond donors (Lipinski definition) is 2. The Hall–Kier alpha value is -2.69. The summed E-state index contributed by atoms with van der Waals surface area (Å²) in [6, 6.07) is 15.6. The fraction of sp³-hybridized carbons (Fsp3) is 0.316. The second-order valence-corrected chi connectivity index (χ2v) is 6.17. The van der Waals surface area contributed by atoms with Crippen LogP contribution in [0.2, 0.25) is 0 Å². The van der Waals surface area contributed by atoms with Gasteiger partial charge in [-0.3, -0.25) is 4.99 Å². The Labute approximate surface area is 143 Å². The van der Waals surface area contributed by atoms with Crippen LogP contribution in [-0.2, 0) is 5.41 Å². The van der Waals surface area contributed by atoms with Crippen LogP contribution in [0.25, 0.3) is 0 Å². The Morgan fingerprint density at radius 2 is 1.46 bits per heavy atom. The monoisotopic (exact) mass is 327 g/mol. The first kappa shape index (κ1) is 17.7. The molecule has 2 aromatic carbocycles. The minimum atomic E-state index is -0.127. The van der Waals surface area contributed by atoms with Gasteiger partial charge in [0, 0.05) is 11.1 Å². The average molecular weight is 327 g/mol. The lowest BCUT2D eigenvalue weighted by Gasteiger charge is -2.23. The summed E-state index contributed by atoms with van der Waals surface area (Å²) in [5.41, 5.74) is 7.93. The zero-order valence-corrected chi connectivity index (χ0v) is 14.7. The smallest absolute Gasteiger partial charge is 0.193 e. The second-order valence-electron chi connectivity index (χ2n) is 6.17. The van der Waals surface area contributed by atoms with Crippen molar-refractivity contribution in [2.45, 2.75) is 19.3 Å². The van der Waals surface area contributed by atoms with Crippen molar-refractivity contribution in [1.82, 2.24) is 0 Å². The van der Waals surface area contributed by atoms with Gasteiger partial charge in [0.25, 0.3) is 0 Å². The summed E-state index contributed by atoms with van der Waals surface area (Å²) in [7, 11) is 3.30. The standard InChI is InChI=1S/C19H25N3O2/c1-19(2,14-5-9-16(23-3)10-6-14)13-21-18(20)22-15-7-11-17(24-4)12-8-15/h5-12H,13H2,1-4H3,(H3,20,21,22). The molecule has 5 heteroatoms. The molecule has 2 aromatic rings. The fourth-order valence-corrected chi connectivity index (χ4v) is 2.28. The number of hydrogen-bond acceptors (Lipinski definition) is 3. The lowest BCUT2D eigenvalue weighted by atomic mass is 9.85. The largest absolute Gasteiger partial charge is 0.497 e. The van der Waals surface area contributed by atoms with Crippen LogP contribution in [0.15, 0.2) is 53.5 Å². The Kier molecular flexibility index (Phi) is 5.68. The van der Waals surface area contributed by atoms with Gasteiger partial charge in [-0.2, -0.15) is 0 Å². The Balaban J connectivity index is 2.00. The Morgan fingerprint density at radius 3 is 1.96 bits per heavy atom. The van der Waals surface area contributed by atoms with E-state index in [0.29, 0.717) is 12.5 Å². The fourth-order valence-electron chi connectivity index (χ4n) is 2.28. The van der Waals surface area contributed by atoms with Crippen molar-refractivity contribution in [1.29, 1.82) is 0 Å². The highest BCUT2D eigenvalue weighted by molar-refractivity contribution is 5.92. The predicted octanol–water partition coefficient (Wildman–Crippen LogP) is 3.41. The number of benzene rings is 2. The van der Waals surface area contributed by atoms with E-state index in [1.807, 2.05) is 36.4 Å². The number of anilines is 1. The van der Waals surface area contributed by atoms with Gasteiger partial charge < -0.3 is 20.5 Å². The number of guanidine groups is 1. The number of nitrogens with two attached hydrogens (primary N) is 1. The molecule has 5 nitrogen and oxygen atoms in total. The normalized spacial score (nSPS) is 11.9. The van der Waals surface area contributed by atoms with Crippen LogP contribution in [-0.4, -0.2) is 26.7 Å². The number of nitrogens with zero attached hydrogens (tertiary/aromatic N) is 1. The van der Waals surface area contributed by atoms with Crippen molar-refractivity contribution >= 4 is 11.6 Å². The zero-order valence-electron chi connectivity index (χ0n) is 14.7. The molecular formula is C19H25N3O2. The number of ether oxygens (including phenoxy) is 2. The first-order valence-corrected chi connectivity index (χ1v) is 7.80. The topological polar surface area (TPSA) is 68.9 Å². The Morgan fingerprint density at radius 1 is 0.958 bits per heavy atom. The molecule has 0 aliphatic heterocycles. The van der Waals surface area contributed by atoms with Gasteiger partial charge in [-0.15, -0.1) is 0 Å². The van der Waals surface area contributed by atoms with Crippen LogP contribution in [0.1, 0.15) is 19.4 Å². The van der Waals surface area contributed by atoms with E-state index < -0.39 is 0 Å². The first-order chi connectivity index (χ1) is 11.4. The van der Waals surface area contributed by atoms with Gasteiger partial charge in [0.05, 0.1) is 20.8 Å². The molecule has 0 saturated carbocycles. The highest BCUT2D eigenvalue weighted by Gasteiger charge is 2.20. The predicted molar refractivity (Wildman–Crippen MR) is 99.1 cm³/mol. The molecule has 128 valence electrons. The van der Waals surface area contributed by atoms with E-state index in [2.05, 4.69) is 36.3 Å². The van der Waals surface area contributed by atoms with Crippen molar-refractivity contribution in [3.63, 3.8) is 0 Å². The number of methoxy groups -OCH3 is 2. The van der Waals surface area contributed by atoms with Crippen molar-refractivity contribution in [3.05, 3.63) is 54.1 Å². The van der Waals surface area contributed by atoms with Gasteiger partial charge in [-0.05, 0) is 42.0 Å². The third kappa shape index (κ3) is 4.65. The van der Waals surface area contributed by atoms with Crippen molar-refractivity contribution < 1.29 is 9.47 Å². The number of aliphatic imine (C=N–C) groups is 1. The SMILES string of the molecule is COc1ccc(NC(N)=NCC(C)(C)c2ccc(OC)cc2)cc1. The minimum Gasteiger partial charge on any atom is -0.497 e. The van der Waals surface area contributed by atoms with Crippen LogP contribution < -0.4 is 20.5 Å². The molecule has 2 rings (SSSR count). The molecule has 0 bridgehead atoms. The lowest BCUT2D eigenvalue weighted by Crippen LogP contribution is -2.27. The maximum atomic E-state index is 5.99. The third-order valence-electron chi connectivity index (χ3n) is 3.88. The summed E-state index contributed by atoms with van der Waals surface area (Å²) < 4.78 is 10.3. The van der Waals surface area contributed by atoms with E-state index in [1.54, 1.807) is 14.2 Å². The molecule has 3 N–H and O–H groups in total. The maximum absolute atomic E-state index is 5.99. The molecule has 0 aliphatic carbocycles. The number of rotatable bonds is 6. The van der Waals surface area contributed by atoms with Crippen LogP contribution in [0.3, 0.4) is 0 Å². The van der Waals surface area contributed by atoms with Gasteiger partial charge in [-0.1, -0.05) is 26.0 Å². The van der Waals surface area contributed by atoms with Gasteiger partial charge in [0.2, 0.25) is 0 Å². The molecule has 0 aromatic heterocycles. The summed E-state index contributed by atoms with van der Waals surface area (Å²) in [5.74, 6) is 2.04. The minimum absolute atomic E-state index is 0.127. The molecule has 0 heterocycles. The van der Waals surface area contributed by atoms with Crippen molar-refractivity contribution in [3.8, 4) is 11.5 Å². The van der Waals surface area contributed by atoms with Crippen LogP contribution in [0.4, 0.5) is 5.69 Å². The molecule has 0 aliphatic rings. The van der Waals surface area contributed by atoms with Gasteiger partial charge in [-0.25, -0.2) is 0 Å². The van der Waals surface area contributed by atoms with Crippen molar-refractivity contribution in [2.75, 3.05) is 26.1 Å². The molecule has 0 saturated heterocycles. The van der Waals surface area contributed by atoms with Gasteiger partial charge in [0.15, 0.2) is 5.96 Å². The quantitative estimate of drug-likeness (QED) is 0.630. The van der Waals surface area contributed by atoms with Crippen LogP contribution in [0, 0.1) is 0 Å². The van der Waals surface area contributed by atoms with E-state index in [-0.39, 0.29) is 5.41 Å². The molecule has 0 fully saturated rings. The van der Waals surface area contributed by atoms with Crippen LogP contribution in [0.5, 0.6) is 11.5 Å². The van der Waals surface area contributed by atoms with Gasteiger partial charge >= 0.3 is 0 Å². The van der Waals surface area contributed by atoms with E-state index in [4.69, 9.17) is 15.2 Å². The second kappa shape index (κ2) is 7.73. The molecule has 0 radical (unpaired) electrons. The molecule has 0 spiro atoms. The first-order valence-electron chi connectivity index (χ1n) is 7.80. The lowest BCUT2D eigenvalue weighted by molar-refractivity contribution is 0.414. The molecule has 24 heavy (non-hydrogen) atoms. The van der Waals surface area contributed by atoms with E-state index in [0.717, 1.165) is 17.2 Å². The third-order valence-corrected chi connectivity index (χ3v) is 3.88. The summed E-state index contributed by atoms with van der Waals surface area (Å²) >= 11 is 0. The average Bonchev–Trinajstić information content (AvgIpc) is 2.61. The summed E-state index contributed by atoms with van der Waals surface area (Å²) in [6.07, 6.45) is 0. The Bertz CT molecular complexity index is 677. The maximum Gasteiger partial charge on any atom is 0.193 e. The highest BCUT2D eigenvalue weighted by Crippen LogP contribution is 2.25. The van der Waals surface area contributed by atoms with Crippen molar-refractivity contribution in [2.24, 2.45) is 10.7 Å². The van der Waals surface area contributed by atoms with Gasteiger partial charge in [0.1, 0.15) is 11.5 Å².